The van der Waals surface area contributed by atoms with E-state index in [2.05, 4.69) is 15.5 Å². The number of allylic oxidation sites excluding steroid dienone is 2. The predicted octanol–water partition coefficient (Wildman–Crippen LogP) is 3.09. The minimum atomic E-state index is -0.670. The number of methoxy groups -OCH3 is 2. The number of aromatic nitrogens is 2. The van der Waals surface area contributed by atoms with Crippen molar-refractivity contribution in [2.45, 2.75) is 24.7 Å². The van der Waals surface area contributed by atoms with Gasteiger partial charge in [0, 0.05) is 23.6 Å². The second-order valence-corrected chi connectivity index (χ2v) is 8.21. The minimum absolute atomic E-state index is 0.0904. The first kappa shape index (κ1) is 20.7. The van der Waals surface area contributed by atoms with Crippen LogP contribution in [0.25, 0.3) is 0 Å². The Morgan fingerprint density at radius 1 is 0.879 bits per heavy atom. The first-order valence-corrected chi connectivity index (χ1v) is 10.5. The molecule has 5 N–H and O–H groups in total. The number of phenols is 2. The van der Waals surface area contributed by atoms with Gasteiger partial charge in [0.2, 0.25) is 0 Å². The van der Waals surface area contributed by atoms with Crippen LogP contribution in [0.2, 0.25) is 0 Å². The van der Waals surface area contributed by atoms with E-state index in [1.54, 1.807) is 20.3 Å². The third-order valence-electron chi connectivity index (χ3n) is 6.39. The van der Waals surface area contributed by atoms with Gasteiger partial charge < -0.3 is 25.0 Å². The molecule has 0 saturated heterocycles. The van der Waals surface area contributed by atoms with Crippen molar-refractivity contribution in [2.24, 2.45) is 0 Å². The summed E-state index contributed by atoms with van der Waals surface area (Å²) in [5.41, 5.74) is 2.72. The summed E-state index contributed by atoms with van der Waals surface area (Å²) in [6.07, 6.45) is 0.804. The highest BCUT2D eigenvalue weighted by Crippen LogP contribution is 2.48. The van der Waals surface area contributed by atoms with Gasteiger partial charge in [0.05, 0.1) is 19.8 Å². The third-order valence-corrected chi connectivity index (χ3v) is 6.39. The smallest absolute Gasteiger partial charge is 0.270 e. The molecule has 9 nitrogen and oxygen atoms in total. The molecular weight excluding hydrogens is 426 g/mol. The van der Waals surface area contributed by atoms with Crippen molar-refractivity contribution in [3.8, 4) is 23.0 Å². The lowest BCUT2D eigenvalue weighted by molar-refractivity contribution is -0.116. The number of rotatable bonds is 4. The lowest BCUT2D eigenvalue weighted by Gasteiger charge is -2.34. The molecule has 0 spiro atoms. The van der Waals surface area contributed by atoms with Crippen molar-refractivity contribution in [1.29, 1.82) is 0 Å². The van der Waals surface area contributed by atoms with E-state index in [4.69, 9.17) is 9.47 Å². The molecule has 0 amide bonds. The van der Waals surface area contributed by atoms with Gasteiger partial charge in [-0.2, -0.15) is 0 Å². The summed E-state index contributed by atoms with van der Waals surface area (Å²) in [5.74, 6) is 0.252. The van der Waals surface area contributed by atoms with E-state index in [-0.39, 0.29) is 35.2 Å². The highest BCUT2D eigenvalue weighted by molar-refractivity contribution is 6.01. The van der Waals surface area contributed by atoms with Crippen LogP contribution in [-0.2, 0) is 4.79 Å². The Morgan fingerprint density at radius 2 is 1.64 bits per heavy atom. The zero-order valence-corrected chi connectivity index (χ0v) is 18.1. The average molecular weight is 449 g/mol. The van der Waals surface area contributed by atoms with Crippen molar-refractivity contribution >= 4 is 11.6 Å². The third kappa shape index (κ3) is 3.32. The number of carbonyl (C=O) groups excluding carboxylic acids is 1. The Kier molecular flexibility index (Phi) is 4.88. The fourth-order valence-corrected chi connectivity index (χ4v) is 4.82. The zero-order chi connectivity index (χ0) is 23.3. The summed E-state index contributed by atoms with van der Waals surface area (Å²) in [7, 11) is 3.14. The molecule has 2 heterocycles. The van der Waals surface area contributed by atoms with Crippen LogP contribution < -0.4 is 20.3 Å². The van der Waals surface area contributed by atoms with E-state index < -0.39 is 5.92 Å². The van der Waals surface area contributed by atoms with E-state index >= 15 is 0 Å². The number of fused-ring (bicyclic) bond motifs is 1. The fraction of sp³-hybridized carbons (Fsp3) is 0.250. The van der Waals surface area contributed by atoms with Gasteiger partial charge in [-0.1, -0.05) is 12.1 Å². The predicted molar refractivity (Wildman–Crippen MR) is 120 cm³/mol. The molecule has 0 fully saturated rings. The number of ether oxygens (including phenoxy) is 2. The van der Waals surface area contributed by atoms with Crippen LogP contribution in [0.1, 0.15) is 41.4 Å². The molecule has 2 aliphatic rings. The number of aromatic amines is 2. The van der Waals surface area contributed by atoms with Crippen molar-refractivity contribution in [3.05, 3.63) is 74.7 Å². The molecule has 0 saturated carbocycles. The molecular formula is C24H23N3O6. The Balaban J connectivity index is 1.60. The molecule has 0 radical (unpaired) electrons. The molecule has 2 unspecified atom stereocenters. The van der Waals surface area contributed by atoms with Crippen molar-refractivity contribution < 1.29 is 24.5 Å². The van der Waals surface area contributed by atoms with E-state index in [9.17, 15) is 19.8 Å². The van der Waals surface area contributed by atoms with Gasteiger partial charge in [0.15, 0.2) is 28.8 Å². The Morgan fingerprint density at radius 3 is 2.36 bits per heavy atom. The number of benzene rings is 2. The standard InChI is InChI=1S/C24H23N3O6/c1-32-18-6-4-11(10-19(18)33-2)13-7-14-21(17(30)9-13)20(12-3-5-15(28)16(29)8-12)22-23(25-14)26-27-24(22)31/h3-6,8,10,13,20,28-29H,7,9H2,1-2H3,(H3,25,26,27,31). The Labute approximate surface area is 188 Å². The zero-order valence-electron chi connectivity index (χ0n) is 18.1. The number of anilines is 1. The van der Waals surface area contributed by atoms with Gasteiger partial charge in [0.1, 0.15) is 5.82 Å². The lowest BCUT2D eigenvalue weighted by Crippen LogP contribution is -2.31. The Bertz CT molecular complexity index is 1350. The second-order valence-electron chi connectivity index (χ2n) is 8.21. The fourth-order valence-electron chi connectivity index (χ4n) is 4.82. The van der Waals surface area contributed by atoms with Crippen LogP contribution in [0.5, 0.6) is 23.0 Å². The van der Waals surface area contributed by atoms with Crippen LogP contribution >= 0.6 is 0 Å². The van der Waals surface area contributed by atoms with Crippen molar-refractivity contribution in [3.63, 3.8) is 0 Å². The number of ketones is 1. The van der Waals surface area contributed by atoms with Gasteiger partial charge in [-0.05, 0) is 47.7 Å². The van der Waals surface area contributed by atoms with Gasteiger partial charge in [-0.3, -0.25) is 19.8 Å². The number of phenolic OH excluding ortho intramolecular Hbond substituents is 2. The molecule has 1 aromatic heterocycles. The van der Waals surface area contributed by atoms with Crippen LogP contribution in [0, 0.1) is 0 Å². The molecule has 0 bridgehead atoms. The molecule has 3 aromatic rings. The van der Waals surface area contributed by atoms with Crippen LogP contribution in [-0.4, -0.2) is 40.4 Å². The summed E-state index contributed by atoms with van der Waals surface area (Å²) in [5, 5.41) is 28.5. The molecule has 5 rings (SSSR count). The minimum Gasteiger partial charge on any atom is -0.504 e. The SMILES string of the molecule is COc1ccc(C2CC(=O)C3=C(C2)Nc2[nH][nH]c(=O)c2C3c2ccc(O)c(O)c2)cc1OC. The molecule has 1 aliphatic carbocycles. The maximum Gasteiger partial charge on any atom is 0.270 e. The van der Waals surface area contributed by atoms with Crippen LogP contribution in [0.15, 0.2) is 52.5 Å². The Hall–Kier alpha value is -4.14. The van der Waals surface area contributed by atoms with Gasteiger partial charge in [-0.25, -0.2) is 0 Å². The quantitative estimate of drug-likeness (QED) is 0.386. The topological polar surface area (TPSA) is 137 Å². The summed E-state index contributed by atoms with van der Waals surface area (Å²) in [6.45, 7) is 0. The first-order chi connectivity index (χ1) is 15.9. The summed E-state index contributed by atoms with van der Waals surface area (Å²) in [6, 6.07) is 9.98. The van der Waals surface area contributed by atoms with Crippen molar-refractivity contribution in [1.82, 2.24) is 10.2 Å². The van der Waals surface area contributed by atoms with Gasteiger partial charge in [-0.15, -0.1) is 0 Å². The van der Waals surface area contributed by atoms with E-state index in [0.29, 0.717) is 46.1 Å². The van der Waals surface area contributed by atoms with Gasteiger partial charge >= 0.3 is 0 Å². The molecule has 1 aliphatic heterocycles. The molecule has 170 valence electrons. The largest absolute Gasteiger partial charge is 0.504 e. The summed E-state index contributed by atoms with van der Waals surface area (Å²) in [4.78, 5) is 26.1. The summed E-state index contributed by atoms with van der Waals surface area (Å²) < 4.78 is 10.7. The highest BCUT2D eigenvalue weighted by atomic mass is 16.5. The lowest BCUT2D eigenvalue weighted by atomic mass is 9.72. The molecule has 9 heteroatoms. The van der Waals surface area contributed by atoms with Crippen LogP contribution in [0.4, 0.5) is 5.82 Å². The first-order valence-electron chi connectivity index (χ1n) is 10.5. The highest BCUT2D eigenvalue weighted by Gasteiger charge is 2.40. The normalized spacial score (nSPS) is 19.5. The van der Waals surface area contributed by atoms with E-state index in [1.807, 2.05) is 18.2 Å². The molecule has 2 aromatic carbocycles. The number of hydrogen-bond acceptors (Lipinski definition) is 7. The number of aromatic hydroxyl groups is 2. The van der Waals surface area contributed by atoms with E-state index in [0.717, 1.165) is 5.56 Å². The number of Topliss-reactive ketones (excluding diaryl/α,β-unsaturated/α-hetero) is 1. The average Bonchev–Trinajstić information content (AvgIpc) is 3.19. The summed E-state index contributed by atoms with van der Waals surface area (Å²) >= 11 is 0. The molecule has 2 atom stereocenters. The monoisotopic (exact) mass is 449 g/mol. The molecule has 33 heavy (non-hydrogen) atoms. The second kappa shape index (κ2) is 7.77. The van der Waals surface area contributed by atoms with Crippen LogP contribution in [0.3, 0.4) is 0 Å². The van der Waals surface area contributed by atoms with Crippen molar-refractivity contribution in [2.75, 3.05) is 19.5 Å². The maximum atomic E-state index is 13.5. The number of H-pyrrole nitrogens is 2. The van der Waals surface area contributed by atoms with E-state index in [1.165, 1.54) is 12.1 Å². The maximum absolute atomic E-state index is 13.5. The number of carbonyl (C=O) groups is 1. The number of hydrogen-bond donors (Lipinski definition) is 5. The number of nitrogens with one attached hydrogen (secondary N) is 3. The van der Waals surface area contributed by atoms with Gasteiger partial charge in [0.25, 0.3) is 5.56 Å².